The summed E-state index contributed by atoms with van der Waals surface area (Å²) >= 11 is 0. The first-order valence-electron chi connectivity index (χ1n) is 9.90. The van der Waals surface area contributed by atoms with Crippen LogP contribution in [0.4, 0.5) is 11.4 Å². The van der Waals surface area contributed by atoms with Gasteiger partial charge in [-0.3, -0.25) is 0 Å². The fraction of sp³-hybridized carbons (Fsp3) is 0.478. The number of rotatable bonds is 10. The first kappa shape index (κ1) is 30.3. The normalized spacial score (nSPS) is 9.86. The number of likely N-dealkylation sites (N-methyl/N-ethyl adjacent to an activating group) is 1. The maximum absolute atomic E-state index is 3.68. The van der Waals surface area contributed by atoms with Crippen molar-refractivity contribution >= 4 is 11.4 Å². The molecule has 0 fully saturated rings. The van der Waals surface area contributed by atoms with Crippen molar-refractivity contribution in [3.63, 3.8) is 0 Å². The van der Waals surface area contributed by atoms with Crippen LogP contribution in [-0.2, 0) is 29.6 Å². The maximum atomic E-state index is 3.68. The number of anilines is 2. The third-order valence-corrected chi connectivity index (χ3v) is 5.07. The van der Waals surface area contributed by atoms with E-state index >= 15 is 0 Å². The van der Waals surface area contributed by atoms with E-state index in [4.69, 9.17) is 0 Å². The van der Waals surface area contributed by atoms with Crippen LogP contribution < -0.4 is 35.4 Å². The van der Waals surface area contributed by atoms with E-state index in [1.807, 2.05) is 0 Å². The van der Waals surface area contributed by atoms with Gasteiger partial charge in [-0.1, -0.05) is 50.2 Å². The van der Waals surface area contributed by atoms with Gasteiger partial charge in [0.05, 0.1) is 0 Å². The average molecular weight is 483 g/mol. The van der Waals surface area contributed by atoms with Crippen LogP contribution in [0.3, 0.4) is 0 Å². The second-order valence-electron chi connectivity index (χ2n) is 7.08. The third-order valence-electron chi connectivity index (χ3n) is 5.07. The van der Waals surface area contributed by atoms with Crippen LogP contribution >= 0.6 is 0 Å². The van der Waals surface area contributed by atoms with Crippen LogP contribution in [-0.4, -0.2) is 38.1 Å². The Kier molecular flexibility index (Phi) is 16.6. The van der Waals surface area contributed by atoms with E-state index in [1.165, 1.54) is 33.6 Å². The number of benzene rings is 2. The van der Waals surface area contributed by atoms with Crippen molar-refractivity contribution in [1.29, 1.82) is 0 Å². The van der Waals surface area contributed by atoms with Gasteiger partial charge in [0.15, 0.2) is 0 Å². The summed E-state index contributed by atoms with van der Waals surface area (Å²) < 4.78 is 0. The Morgan fingerprint density at radius 3 is 1.59 bits per heavy atom. The molecule has 0 spiro atoms. The molecule has 0 saturated carbocycles. The van der Waals surface area contributed by atoms with Gasteiger partial charge < -0.3 is 40.3 Å². The summed E-state index contributed by atoms with van der Waals surface area (Å²) in [6.07, 6.45) is 2.15. The van der Waals surface area contributed by atoms with Gasteiger partial charge in [-0.05, 0) is 56.0 Å². The maximum Gasteiger partial charge on any atom is 2.00 e. The molecule has 2 rings (SSSR count). The molecule has 0 heterocycles. The molecular weight excluding hydrogens is 448 g/mol. The van der Waals surface area contributed by atoms with E-state index in [9.17, 15) is 0 Å². The predicted octanol–water partition coefficient (Wildman–Crippen LogP) is -1.11. The van der Waals surface area contributed by atoms with Gasteiger partial charge >= 0.3 is 16.8 Å². The van der Waals surface area contributed by atoms with Crippen LogP contribution in [0.2, 0.25) is 0 Å². The van der Waals surface area contributed by atoms with E-state index in [-0.39, 0.29) is 41.6 Å². The number of hydrogen-bond donors (Lipinski definition) is 2. The molecule has 0 unspecified atom stereocenters. The number of hydrogen-bond acceptors (Lipinski definition) is 3. The molecule has 2 N–H and O–H groups in total. The van der Waals surface area contributed by atoms with Gasteiger partial charge in [0.25, 0.3) is 0 Å². The smallest absolute Gasteiger partial charge is 1.00 e. The third kappa shape index (κ3) is 9.18. The molecule has 1 radical (unpaired) electrons. The molecule has 3 nitrogen and oxygen atoms in total. The number of nitrogens with one attached hydrogen (secondary N) is 2. The molecule has 0 atom stereocenters. The molecule has 165 valence electrons. The van der Waals surface area contributed by atoms with Gasteiger partial charge in [0.2, 0.25) is 0 Å². The molecule has 0 aliphatic rings. The van der Waals surface area contributed by atoms with Gasteiger partial charge in [-0.25, -0.2) is 0 Å². The van der Waals surface area contributed by atoms with Crippen LogP contribution in [0.5, 0.6) is 0 Å². The second kappa shape index (κ2) is 15.9. The van der Waals surface area contributed by atoms with Gasteiger partial charge in [0.1, 0.15) is 0 Å². The number of aryl methyl sites for hydroxylation is 4. The summed E-state index contributed by atoms with van der Waals surface area (Å²) in [5, 5.41) is 7.27. The summed E-state index contributed by atoms with van der Waals surface area (Å²) in [6, 6.07) is 13.1. The first-order chi connectivity index (χ1) is 12.6. The number of nitrogens with zero attached hydrogens (tertiary/aromatic N) is 1. The van der Waals surface area contributed by atoms with E-state index < -0.39 is 0 Å². The molecule has 6 heteroatoms. The summed E-state index contributed by atoms with van der Waals surface area (Å²) in [4.78, 5) is 2.38. The van der Waals surface area contributed by atoms with Gasteiger partial charge in [-0.2, -0.15) is 0 Å². The molecule has 0 aliphatic carbocycles. The molecule has 2 aromatic rings. The molecule has 0 saturated heterocycles. The van der Waals surface area contributed by atoms with Crippen LogP contribution in [0.25, 0.3) is 0 Å². The molecule has 0 aliphatic heterocycles. The standard InChI is InChI=1S/C23H35N3.2ClH.Co/c1-6-20-12-9-13-21(7-2)23(20)25-15-17-26(5)16-14-24-22-18(3)10-8-11-19(22)4;;;/h8-13,24-25H,6-7,14-17H2,1-5H3;2*1H;/q;;;+2/p-2. The van der Waals surface area contributed by atoms with E-state index in [0.29, 0.717) is 0 Å². The second-order valence-corrected chi connectivity index (χ2v) is 7.08. The molecule has 0 aromatic heterocycles. The van der Waals surface area contributed by atoms with Crippen molar-refractivity contribution < 1.29 is 41.6 Å². The van der Waals surface area contributed by atoms with Crippen molar-refractivity contribution in [2.24, 2.45) is 0 Å². The van der Waals surface area contributed by atoms with Crippen molar-refractivity contribution in [2.45, 2.75) is 40.5 Å². The zero-order valence-corrected chi connectivity index (χ0v) is 20.8. The Bertz CT molecular complexity index is 668. The predicted molar refractivity (Wildman–Crippen MR) is 116 cm³/mol. The summed E-state index contributed by atoms with van der Waals surface area (Å²) in [6.45, 7) is 12.8. The number of para-hydroxylation sites is 2. The zero-order chi connectivity index (χ0) is 18.9. The Hall–Kier alpha value is -0.914. The summed E-state index contributed by atoms with van der Waals surface area (Å²) in [5.74, 6) is 0. The Labute approximate surface area is 200 Å². The van der Waals surface area contributed by atoms with E-state index in [1.54, 1.807) is 0 Å². The summed E-state index contributed by atoms with van der Waals surface area (Å²) in [5.41, 5.74) is 8.10. The average Bonchev–Trinajstić information content (AvgIpc) is 2.64. The molecule has 29 heavy (non-hydrogen) atoms. The zero-order valence-electron chi connectivity index (χ0n) is 18.2. The minimum absolute atomic E-state index is 0. The van der Waals surface area contributed by atoms with E-state index in [2.05, 4.69) is 86.7 Å². The fourth-order valence-electron chi connectivity index (χ4n) is 3.42. The monoisotopic (exact) mass is 482 g/mol. The Morgan fingerprint density at radius 1 is 0.724 bits per heavy atom. The molecule has 0 amide bonds. The van der Waals surface area contributed by atoms with Crippen LogP contribution in [0.15, 0.2) is 36.4 Å². The van der Waals surface area contributed by atoms with Crippen LogP contribution in [0.1, 0.15) is 36.1 Å². The topological polar surface area (TPSA) is 27.3 Å². The van der Waals surface area contributed by atoms with Crippen molar-refractivity contribution in [3.05, 3.63) is 58.7 Å². The number of halogens is 2. The van der Waals surface area contributed by atoms with Gasteiger partial charge in [0, 0.05) is 37.6 Å². The molecular formula is C23H35Cl2CoN3. The van der Waals surface area contributed by atoms with Gasteiger partial charge in [-0.15, -0.1) is 0 Å². The minimum Gasteiger partial charge on any atom is -1.00 e. The Morgan fingerprint density at radius 2 is 1.14 bits per heavy atom. The SMILES string of the molecule is CCc1cccc(CC)c1NCCN(C)CCNc1c(C)cccc1C.[Cl-].[Cl-].[Co+2]. The van der Waals surface area contributed by atoms with Crippen molar-refractivity contribution in [3.8, 4) is 0 Å². The minimum atomic E-state index is 0. The fourth-order valence-corrected chi connectivity index (χ4v) is 3.42. The quantitative estimate of drug-likeness (QED) is 0.449. The van der Waals surface area contributed by atoms with Crippen LogP contribution in [0, 0.1) is 13.8 Å². The molecule has 2 aromatic carbocycles. The first-order valence-corrected chi connectivity index (χ1v) is 9.90. The largest absolute Gasteiger partial charge is 2.00 e. The Balaban J connectivity index is 0. The van der Waals surface area contributed by atoms with Crippen molar-refractivity contribution in [2.75, 3.05) is 43.9 Å². The molecule has 0 bridgehead atoms. The summed E-state index contributed by atoms with van der Waals surface area (Å²) in [7, 11) is 2.19. The van der Waals surface area contributed by atoms with Crippen molar-refractivity contribution in [1.82, 2.24) is 4.90 Å². The van der Waals surface area contributed by atoms with E-state index in [0.717, 1.165) is 39.0 Å².